The summed E-state index contributed by atoms with van der Waals surface area (Å²) in [6, 6.07) is 20.7. The molecule has 1 atom stereocenters. The number of nitrogens with zero attached hydrogens (tertiary/aromatic N) is 1. The van der Waals surface area contributed by atoms with Gasteiger partial charge >= 0.3 is 18.1 Å². The molecule has 2 aromatic carbocycles. The Hall–Kier alpha value is -4.12. The fourth-order valence-electron chi connectivity index (χ4n) is 2.78. The molecule has 3 N–H and O–H groups in total. The third-order valence-corrected chi connectivity index (χ3v) is 4.52. The number of carbonyl (C=O) groups is 2. The second-order valence-electron chi connectivity index (χ2n) is 7.35. The molecule has 8 nitrogen and oxygen atoms in total. The number of rotatable bonds is 9. The summed E-state index contributed by atoms with van der Waals surface area (Å²) in [4.78, 5) is 25.6. The van der Waals surface area contributed by atoms with E-state index in [9.17, 15) is 18.0 Å². The minimum absolute atomic E-state index is 0.164. The van der Waals surface area contributed by atoms with E-state index in [0.717, 1.165) is 11.1 Å². The average molecular weight is 506 g/mol. The van der Waals surface area contributed by atoms with E-state index in [0.29, 0.717) is 18.1 Å². The van der Waals surface area contributed by atoms with Crippen LogP contribution in [0.25, 0.3) is 0 Å². The van der Waals surface area contributed by atoms with Crippen LogP contribution in [0.1, 0.15) is 21.5 Å². The number of esters is 1. The number of ether oxygens (including phenoxy) is 3. The molecule has 36 heavy (non-hydrogen) atoms. The number of hydrogen-bond acceptors (Lipinski definition) is 7. The highest BCUT2D eigenvalue weighted by Gasteiger charge is 2.38. The van der Waals surface area contributed by atoms with Crippen molar-refractivity contribution in [3.05, 3.63) is 89.6 Å². The van der Waals surface area contributed by atoms with Crippen LogP contribution in [0.2, 0.25) is 0 Å². The summed E-state index contributed by atoms with van der Waals surface area (Å²) in [6.45, 7) is 0.402. The number of benzene rings is 2. The van der Waals surface area contributed by atoms with Crippen molar-refractivity contribution in [1.29, 1.82) is 0 Å². The van der Waals surface area contributed by atoms with Gasteiger partial charge in [0, 0.05) is 12.1 Å². The third kappa shape index (κ3) is 9.63. The fraction of sp³-hybridized carbons (Fsp3) is 0.240. The first-order valence-corrected chi connectivity index (χ1v) is 10.6. The molecule has 11 heteroatoms. The number of carbonyl (C=O) groups excluding carboxylic acids is 1. The van der Waals surface area contributed by atoms with Crippen molar-refractivity contribution in [3.8, 4) is 11.6 Å². The van der Waals surface area contributed by atoms with E-state index in [1.807, 2.05) is 60.7 Å². The summed E-state index contributed by atoms with van der Waals surface area (Å²) in [5, 5.41) is 7.12. The molecule has 3 aromatic rings. The van der Waals surface area contributed by atoms with Crippen LogP contribution in [0.5, 0.6) is 11.6 Å². The van der Waals surface area contributed by atoms with E-state index in [-0.39, 0.29) is 24.8 Å². The molecule has 0 aliphatic heterocycles. The standard InChI is InChI=1S/C23H24N2O4.C2HF3O2/c1-27-22-13-20(23(26)29-15-18-10-6-3-7-11-18)21(14-25-22)28-16-19(24)12-17-8-4-2-5-9-17;3-2(4,5)1(6)7/h2-11,13-14,19H,12,15-16,24H2,1H3;(H,6,7)/t19-;/m1./s1. The Labute approximate surface area is 205 Å². The van der Waals surface area contributed by atoms with Gasteiger partial charge in [0.2, 0.25) is 5.88 Å². The lowest BCUT2D eigenvalue weighted by molar-refractivity contribution is -0.192. The number of halogens is 3. The first kappa shape index (κ1) is 28.1. The number of alkyl halides is 3. The highest BCUT2D eigenvalue weighted by Crippen LogP contribution is 2.23. The average Bonchev–Trinajstić information content (AvgIpc) is 2.87. The molecule has 3 rings (SSSR count). The van der Waals surface area contributed by atoms with E-state index in [1.54, 1.807) is 0 Å². The largest absolute Gasteiger partial charge is 0.490 e. The molecule has 0 saturated carbocycles. The van der Waals surface area contributed by atoms with Gasteiger partial charge in [-0.05, 0) is 17.5 Å². The Bertz CT molecular complexity index is 1110. The highest BCUT2D eigenvalue weighted by atomic mass is 19.4. The summed E-state index contributed by atoms with van der Waals surface area (Å²) in [5.41, 5.74) is 8.46. The third-order valence-electron chi connectivity index (χ3n) is 4.52. The molecule has 0 unspecified atom stereocenters. The van der Waals surface area contributed by atoms with E-state index in [1.165, 1.54) is 19.4 Å². The van der Waals surface area contributed by atoms with Crippen molar-refractivity contribution in [2.75, 3.05) is 13.7 Å². The monoisotopic (exact) mass is 506 g/mol. The van der Waals surface area contributed by atoms with Crippen LogP contribution >= 0.6 is 0 Å². The maximum Gasteiger partial charge on any atom is 0.490 e. The lowest BCUT2D eigenvalue weighted by atomic mass is 10.1. The summed E-state index contributed by atoms with van der Waals surface area (Å²) in [6.07, 6.45) is -2.97. The van der Waals surface area contributed by atoms with Crippen molar-refractivity contribution < 1.29 is 42.1 Å². The van der Waals surface area contributed by atoms with Gasteiger partial charge in [-0.3, -0.25) is 0 Å². The van der Waals surface area contributed by atoms with Crippen LogP contribution in [-0.4, -0.2) is 48.0 Å². The molecule has 0 fully saturated rings. The molecule has 0 bridgehead atoms. The van der Waals surface area contributed by atoms with Crippen molar-refractivity contribution in [2.45, 2.75) is 25.2 Å². The highest BCUT2D eigenvalue weighted by molar-refractivity contribution is 5.92. The molecule has 0 spiro atoms. The van der Waals surface area contributed by atoms with Gasteiger partial charge in [0.25, 0.3) is 0 Å². The minimum atomic E-state index is -5.08. The van der Waals surface area contributed by atoms with Gasteiger partial charge in [0.1, 0.15) is 18.8 Å². The maximum atomic E-state index is 12.6. The second kappa shape index (κ2) is 13.7. The van der Waals surface area contributed by atoms with E-state index in [4.69, 9.17) is 29.8 Å². The van der Waals surface area contributed by atoms with Crippen molar-refractivity contribution >= 4 is 11.9 Å². The SMILES string of the molecule is COc1cc(C(=O)OCc2ccccc2)c(OC[C@H](N)Cc2ccccc2)cn1.O=C(O)C(F)(F)F. The van der Waals surface area contributed by atoms with Gasteiger partial charge in [0.15, 0.2) is 5.75 Å². The maximum absolute atomic E-state index is 12.6. The van der Waals surface area contributed by atoms with E-state index >= 15 is 0 Å². The van der Waals surface area contributed by atoms with Crippen LogP contribution in [0.15, 0.2) is 72.9 Å². The zero-order valence-electron chi connectivity index (χ0n) is 19.3. The molecule has 1 heterocycles. The quantitative estimate of drug-likeness (QED) is 0.418. The van der Waals surface area contributed by atoms with Gasteiger partial charge in [-0.15, -0.1) is 0 Å². The predicted molar refractivity (Wildman–Crippen MR) is 124 cm³/mol. The molecular weight excluding hydrogens is 481 g/mol. The summed E-state index contributed by atoms with van der Waals surface area (Å²) < 4.78 is 48.1. The summed E-state index contributed by atoms with van der Waals surface area (Å²) >= 11 is 0. The van der Waals surface area contributed by atoms with Crippen LogP contribution in [0, 0.1) is 0 Å². The number of carboxylic acids is 1. The van der Waals surface area contributed by atoms with Crippen molar-refractivity contribution in [3.63, 3.8) is 0 Å². The number of nitrogens with two attached hydrogens (primary N) is 1. The number of aromatic nitrogens is 1. The Balaban J connectivity index is 0.000000572. The normalized spacial score (nSPS) is 11.5. The van der Waals surface area contributed by atoms with Crippen LogP contribution in [0.4, 0.5) is 13.2 Å². The number of pyridine rings is 1. The van der Waals surface area contributed by atoms with Crippen molar-refractivity contribution in [1.82, 2.24) is 4.98 Å². The summed E-state index contributed by atoms with van der Waals surface area (Å²) in [5.74, 6) is -2.65. The first-order valence-electron chi connectivity index (χ1n) is 10.6. The summed E-state index contributed by atoms with van der Waals surface area (Å²) in [7, 11) is 1.48. The molecule has 0 aliphatic rings. The van der Waals surface area contributed by atoms with E-state index in [2.05, 4.69) is 4.98 Å². The van der Waals surface area contributed by atoms with Gasteiger partial charge in [0.05, 0.1) is 13.3 Å². The minimum Gasteiger partial charge on any atom is -0.489 e. The lowest BCUT2D eigenvalue weighted by Gasteiger charge is -2.16. The number of methoxy groups -OCH3 is 1. The second-order valence-corrected chi connectivity index (χ2v) is 7.35. The molecule has 0 radical (unpaired) electrons. The van der Waals surface area contributed by atoms with Gasteiger partial charge in [-0.25, -0.2) is 14.6 Å². The van der Waals surface area contributed by atoms with E-state index < -0.39 is 18.1 Å². The Kier molecular flexibility index (Phi) is 10.7. The number of carboxylic acid groups (broad SMARTS) is 1. The van der Waals surface area contributed by atoms with Crippen molar-refractivity contribution in [2.24, 2.45) is 5.73 Å². The zero-order valence-corrected chi connectivity index (χ0v) is 19.3. The Morgan fingerprint density at radius 1 is 1.03 bits per heavy atom. The molecule has 0 amide bonds. The molecule has 1 aromatic heterocycles. The van der Waals surface area contributed by atoms with Gasteiger partial charge in [-0.1, -0.05) is 60.7 Å². The Morgan fingerprint density at radius 3 is 2.11 bits per heavy atom. The fourth-order valence-corrected chi connectivity index (χ4v) is 2.78. The Morgan fingerprint density at radius 2 is 1.58 bits per heavy atom. The molecular formula is C25H25F3N2O6. The van der Waals surface area contributed by atoms with Crippen LogP contribution in [0.3, 0.4) is 0 Å². The zero-order chi connectivity index (χ0) is 26.6. The van der Waals surface area contributed by atoms with Gasteiger partial charge < -0.3 is 25.1 Å². The lowest BCUT2D eigenvalue weighted by Crippen LogP contribution is -2.30. The number of hydrogen-bond donors (Lipinski definition) is 2. The van der Waals surface area contributed by atoms with Crippen LogP contribution < -0.4 is 15.2 Å². The predicted octanol–water partition coefficient (Wildman–Crippen LogP) is 4.03. The molecule has 0 aliphatic carbocycles. The van der Waals surface area contributed by atoms with Gasteiger partial charge in [-0.2, -0.15) is 13.2 Å². The number of aliphatic carboxylic acids is 1. The molecule has 0 saturated heterocycles. The topological polar surface area (TPSA) is 121 Å². The molecule has 192 valence electrons. The smallest absolute Gasteiger partial charge is 0.489 e. The van der Waals surface area contributed by atoms with Crippen LogP contribution in [-0.2, 0) is 22.6 Å². The first-order chi connectivity index (χ1) is 17.1.